The van der Waals surface area contributed by atoms with E-state index in [1.165, 1.54) is 10.6 Å². The van der Waals surface area contributed by atoms with Crippen molar-refractivity contribution in [3.05, 3.63) is 77.4 Å². The third kappa shape index (κ3) is 6.57. The van der Waals surface area contributed by atoms with Crippen molar-refractivity contribution in [1.29, 1.82) is 0 Å². The maximum Gasteiger partial charge on any atom is 0.194 e. The Bertz CT molecular complexity index is 926. The van der Waals surface area contributed by atoms with E-state index in [1.807, 2.05) is 37.4 Å². The molecular formula is C23H28IN5OS. The summed E-state index contributed by atoms with van der Waals surface area (Å²) < 4.78 is 5.81. The van der Waals surface area contributed by atoms with Crippen molar-refractivity contribution in [3.63, 3.8) is 0 Å². The molecule has 3 aromatic rings. The summed E-state index contributed by atoms with van der Waals surface area (Å²) >= 11 is 1.80. The molecule has 0 saturated carbocycles. The number of rotatable bonds is 6. The van der Waals surface area contributed by atoms with E-state index in [9.17, 15) is 0 Å². The Morgan fingerprint density at radius 1 is 1.06 bits per heavy atom. The van der Waals surface area contributed by atoms with E-state index in [2.05, 4.69) is 54.7 Å². The van der Waals surface area contributed by atoms with E-state index in [0.717, 1.165) is 50.1 Å². The van der Waals surface area contributed by atoms with E-state index < -0.39 is 0 Å². The van der Waals surface area contributed by atoms with Gasteiger partial charge in [-0.1, -0.05) is 18.2 Å². The van der Waals surface area contributed by atoms with Gasteiger partial charge < -0.3 is 19.9 Å². The number of hydrogen-bond acceptors (Lipinski definition) is 5. The van der Waals surface area contributed by atoms with Gasteiger partial charge in [0.1, 0.15) is 12.4 Å². The summed E-state index contributed by atoms with van der Waals surface area (Å²) in [4.78, 5) is 13.5. The number of pyridine rings is 1. The molecule has 1 aliphatic heterocycles. The summed E-state index contributed by atoms with van der Waals surface area (Å²) in [5.74, 6) is 1.80. The number of ether oxygens (including phenoxy) is 1. The molecule has 164 valence electrons. The van der Waals surface area contributed by atoms with Crippen LogP contribution in [0.4, 0.5) is 5.00 Å². The lowest BCUT2D eigenvalue weighted by atomic mass is 10.2. The topological polar surface area (TPSA) is 53.0 Å². The Balaban J connectivity index is 0.00000272. The second-order valence-corrected chi connectivity index (χ2v) is 8.01. The van der Waals surface area contributed by atoms with Crippen LogP contribution in [0.5, 0.6) is 5.75 Å². The van der Waals surface area contributed by atoms with Gasteiger partial charge in [0.2, 0.25) is 0 Å². The molecule has 1 aliphatic rings. The Morgan fingerprint density at radius 2 is 1.87 bits per heavy atom. The number of anilines is 1. The smallest absolute Gasteiger partial charge is 0.194 e. The molecule has 8 heteroatoms. The van der Waals surface area contributed by atoms with Gasteiger partial charge in [0.05, 0.1) is 10.7 Å². The molecule has 1 saturated heterocycles. The molecule has 1 fully saturated rings. The largest absolute Gasteiger partial charge is 0.487 e. The highest BCUT2D eigenvalue weighted by molar-refractivity contribution is 14.0. The molecule has 2 aromatic heterocycles. The minimum absolute atomic E-state index is 0. The Kier molecular flexibility index (Phi) is 8.96. The van der Waals surface area contributed by atoms with Crippen LogP contribution in [0, 0.1) is 0 Å². The summed E-state index contributed by atoms with van der Waals surface area (Å²) in [7, 11) is 1.85. The SMILES string of the molecule is CN=C(NCc1ccc(OCc2ccccn2)cc1)N1CCN(c2cccs2)CC1.I. The second-order valence-electron chi connectivity index (χ2n) is 7.08. The van der Waals surface area contributed by atoms with Crippen LogP contribution in [-0.4, -0.2) is 49.1 Å². The summed E-state index contributed by atoms with van der Waals surface area (Å²) in [6, 6.07) is 18.3. The fourth-order valence-corrected chi connectivity index (χ4v) is 4.23. The number of nitrogens with zero attached hydrogens (tertiary/aromatic N) is 4. The first-order valence-electron chi connectivity index (χ1n) is 10.2. The molecule has 1 N–H and O–H groups in total. The number of piperazine rings is 1. The van der Waals surface area contributed by atoms with Gasteiger partial charge in [-0.2, -0.15) is 0 Å². The molecule has 31 heavy (non-hydrogen) atoms. The van der Waals surface area contributed by atoms with Crippen LogP contribution in [0.25, 0.3) is 0 Å². The Hall–Kier alpha value is -2.33. The quantitative estimate of drug-likeness (QED) is 0.283. The summed E-state index contributed by atoms with van der Waals surface area (Å²) in [5.41, 5.74) is 2.12. The van der Waals surface area contributed by atoms with Crippen molar-refractivity contribution in [2.75, 3.05) is 38.1 Å². The first-order chi connectivity index (χ1) is 14.8. The molecule has 0 atom stereocenters. The molecule has 0 spiro atoms. The number of aromatic nitrogens is 1. The predicted octanol–water partition coefficient (Wildman–Crippen LogP) is 4.24. The van der Waals surface area contributed by atoms with Crippen molar-refractivity contribution in [2.45, 2.75) is 13.2 Å². The van der Waals surface area contributed by atoms with Crippen LogP contribution < -0.4 is 15.0 Å². The van der Waals surface area contributed by atoms with Crippen LogP contribution in [-0.2, 0) is 13.2 Å². The van der Waals surface area contributed by atoms with E-state index in [-0.39, 0.29) is 24.0 Å². The van der Waals surface area contributed by atoms with Crippen molar-refractivity contribution in [3.8, 4) is 5.75 Å². The summed E-state index contributed by atoms with van der Waals surface area (Å²) in [5, 5.41) is 6.98. The van der Waals surface area contributed by atoms with Gasteiger partial charge in [-0.05, 0) is 47.3 Å². The zero-order valence-electron chi connectivity index (χ0n) is 17.6. The number of hydrogen-bond donors (Lipinski definition) is 1. The molecular weight excluding hydrogens is 521 g/mol. The number of halogens is 1. The van der Waals surface area contributed by atoms with Crippen molar-refractivity contribution in [2.24, 2.45) is 4.99 Å². The number of aliphatic imine (C=N–C) groups is 1. The van der Waals surface area contributed by atoms with Gasteiger partial charge in [-0.25, -0.2) is 0 Å². The van der Waals surface area contributed by atoms with Crippen molar-refractivity contribution >= 4 is 46.3 Å². The first-order valence-corrected chi connectivity index (χ1v) is 11.1. The summed E-state index contributed by atoms with van der Waals surface area (Å²) in [6.45, 7) is 5.18. The van der Waals surface area contributed by atoms with E-state index in [1.54, 1.807) is 17.5 Å². The third-order valence-electron chi connectivity index (χ3n) is 5.10. The maximum atomic E-state index is 5.81. The third-order valence-corrected chi connectivity index (χ3v) is 6.02. The van der Waals surface area contributed by atoms with Crippen LogP contribution >= 0.6 is 35.3 Å². The van der Waals surface area contributed by atoms with Gasteiger partial charge in [-0.15, -0.1) is 35.3 Å². The number of guanidine groups is 1. The number of nitrogens with one attached hydrogen (secondary N) is 1. The van der Waals surface area contributed by atoms with Crippen molar-refractivity contribution in [1.82, 2.24) is 15.2 Å². The minimum atomic E-state index is 0. The molecule has 0 unspecified atom stereocenters. The van der Waals surface area contributed by atoms with Crippen molar-refractivity contribution < 1.29 is 4.74 Å². The minimum Gasteiger partial charge on any atom is -0.487 e. The van der Waals surface area contributed by atoms with E-state index in [0.29, 0.717) is 6.61 Å². The van der Waals surface area contributed by atoms with E-state index >= 15 is 0 Å². The molecule has 0 bridgehead atoms. The lowest BCUT2D eigenvalue weighted by molar-refractivity contribution is 0.301. The predicted molar refractivity (Wildman–Crippen MR) is 139 cm³/mol. The zero-order valence-corrected chi connectivity index (χ0v) is 20.8. The standard InChI is InChI=1S/C23H27N5OS.HI/c1-24-23(28-14-12-27(13-15-28)22-6-4-16-30-22)26-17-19-7-9-21(10-8-19)29-18-20-5-2-3-11-25-20;/h2-11,16H,12-15,17-18H2,1H3,(H,24,26);1H. The average molecular weight is 549 g/mol. The van der Waals surface area contributed by atoms with Gasteiger partial charge in [0.25, 0.3) is 0 Å². The molecule has 1 aromatic carbocycles. The normalized spacial score (nSPS) is 14.2. The van der Waals surface area contributed by atoms with Gasteiger partial charge in [0.15, 0.2) is 5.96 Å². The van der Waals surface area contributed by atoms with Crippen LogP contribution in [0.3, 0.4) is 0 Å². The maximum absolute atomic E-state index is 5.81. The van der Waals surface area contributed by atoms with E-state index in [4.69, 9.17) is 4.74 Å². The fraction of sp³-hybridized carbons (Fsp3) is 0.304. The molecule has 0 radical (unpaired) electrons. The molecule has 6 nitrogen and oxygen atoms in total. The molecule has 0 amide bonds. The lowest BCUT2D eigenvalue weighted by Gasteiger charge is -2.37. The Morgan fingerprint density at radius 3 is 2.52 bits per heavy atom. The lowest BCUT2D eigenvalue weighted by Crippen LogP contribution is -2.52. The monoisotopic (exact) mass is 549 g/mol. The van der Waals surface area contributed by atoms with Gasteiger partial charge in [0, 0.05) is 46.0 Å². The zero-order chi connectivity index (χ0) is 20.6. The Labute approximate surface area is 205 Å². The molecule has 0 aliphatic carbocycles. The molecule has 3 heterocycles. The highest BCUT2D eigenvalue weighted by Gasteiger charge is 2.20. The fourth-order valence-electron chi connectivity index (χ4n) is 3.45. The van der Waals surface area contributed by atoms with Gasteiger partial charge in [-0.3, -0.25) is 9.98 Å². The highest BCUT2D eigenvalue weighted by Crippen LogP contribution is 2.22. The molecule has 4 rings (SSSR count). The number of benzene rings is 1. The van der Waals surface area contributed by atoms with Gasteiger partial charge >= 0.3 is 0 Å². The van der Waals surface area contributed by atoms with Crippen LogP contribution in [0.1, 0.15) is 11.3 Å². The van der Waals surface area contributed by atoms with Crippen LogP contribution in [0.2, 0.25) is 0 Å². The number of thiophene rings is 1. The van der Waals surface area contributed by atoms with Crippen LogP contribution in [0.15, 0.2) is 71.2 Å². The summed E-state index contributed by atoms with van der Waals surface area (Å²) in [6.07, 6.45) is 1.78. The first kappa shape index (κ1) is 23.3. The second kappa shape index (κ2) is 11.9. The average Bonchev–Trinajstić information content (AvgIpc) is 3.35. The highest BCUT2D eigenvalue weighted by atomic mass is 127.